The number of hydrogen-bond donors (Lipinski definition) is 3. The highest BCUT2D eigenvalue weighted by molar-refractivity contribution is 7.91. The van der Waals surface area contributed by atoms with Gasteiger partial charge in [-0.1, -0.05) is 18.2 Å². The Balaban J connectivity index is 1.80. The van der Waals surface area contributed by atoms with Crippen LogP contribution in [0.3, 0.4) is 0 Å². The summed E-state index contributed by atoms with van der Waals surface area (Å²) in [6, 6.07) is 7.41. The molecular weight excluding hydrogens is 368 g/mol. The number of rotatable bonds is 8. The standard InChI is InChI=1S/C18H28N4O4S/c1-3-19-18(21-12-14-6-4-5-7-16(14)26-2)20-10-8-17(23)22-15-9-11-27(24,25)13-15/h4-7,15H,3,8-13H2,1-2H3,(H,22,23)(H2,19,20,21). The molecule has 1 fully saturated rings. The maximum atomic E-state index is 12.0. The molecule has 0 saturated carbocycles. The predicted octanol–water partition coefficient (Wildman–Crippen LogP) is 0.444. The Morgan fingerprint density at radius 3 is 2.74 bits per heavy atom. The smallest absolute Gasteiger partial charge is 0.222 e. The summed E-state index contributed by atoms with van der Waals surface area (Å²) in [5.41, 5.74) is 0.970. The van der Waals surface area contributed by atoms with Gasteiger partial charge in [0.1, 0.15) is 5.75 Å². The van der Waals surface area contributed by atoms with Crippen molar-refractivity contribution in [1.82, 2.24) is 16.0 Å². The number of nitrogens with zero attached hydrogens (tertiary/aromatic N) is 1. The average Bonchev–Trinajstić information content (AvgIpc) is 2.98. The van der Waals surface area contributed by atoms with E-state index in [9.17, 15) is 13.2 Å². The van der Waals surface area contributed by atoms with E-state index >= 15 is 0 Å². The number of guanidine groups is 1. The second-order valence-electron chi connectivity index (χ2n) is 6.35. The number of benzene rings is 1. The van der Waals surface area contributed by atoms with Gasteiger partial charge in [-0.3, -0.25) is 4.79 Å². The monoisotopic (exact) mass is 396 g/mol. The van der Waals surface area contributed by atoms with E-state index in [1.807, 2.05) is 31.2 Å². The molecular formula is C18H28N4O4S. The van der Waals surface area contributed by atoms with Gasteiger partial charge >= 0.3 is 0 Å². The summed E-state index contributed by atoms with van der Waals surface area (Å²) in [5, 5.41) is 9.03. The normalized spacial score (nSPS) is 18.7. The molecule has 1 unspecified atom stereocenters. The quantitative estimate of drug-likeness (QED) is 0.435. The van der Waals surface area contributed by atoms with Crippen LogP contribution in [-0.2, 0) is 21.2 Å². The Morgan fingerprint density at radius 1 is 1.30 bits per heavy atom. The first-order valence-electron chi connectivity index (χ1n) is 9.07. The van der Waals surface area contributed by atoms with Crippen LogP contribution in [0, 0.1) is 0 Å². The van der Waals surface area contributed by atoms with Crippen LogP contribution < -0.4 is 20.7 Å². The van der Waals surface area contributed by atoms with Crippen molar-refractivity contribution < 1.29 is 17.9 Å². The molecule has 2 rings (SSSR count). The molecule has 1 atom stereocenters. The molecule has 0 aromatic heterocycles. The Hall–Kier alpha value is -2.29. The summed E-state index contributed by atoms with van der Waals surface area (Å²) in [6.45, 7) is 3.52. The minimum Gasteiger partial charge on any atom is -0.496 e. The van der Waals surface area contributed by atoms with Crippen molar-refractivity contribution in [2.45, 2.75) is 32.4 Å². The first-order chi connectivity index (χ1) is 12.9. The number of para-hydroxylation sites is 1. The molecule has 8 nitrogen and oxygen atoms in total. The van der Waals surface area contributed by atoms with Gasteiger partial charge in [-0.05, 0) is 19.4 Å². The Bertz CT molecular complexity index is 764. The zero-order valence-corrected chi connectivity index (χ0v) is 16.6. The van der Waals surface area contributed by atoms with Crippen molar-refractivity contribution in [3.05, 3.63) is 29.8 Å². The third-order valence-electron chi connectivity index (χ3n) is 4.19. The van der Waals surface area contributed by atoms with Gasteiger partial charge in [0.05, 0.1) is 25.2 Å². The fourth-order valence-electron chi connectivity index (χ4n) is 2.84. The molecule has 150 valence electrons. The molecule has 0 radical (unpaired) electrons. The van der Waals surface area contributed by atoms with Crippen LogP contribution in [0.5, 0.6) is 5.75 Å². The van der Waals surface area contributed by atoms with Gasteiger partial charge in [0, 0.05) is 31.1 Å². The van der Waals surface area contributed by atoms with Crippen molar-refractivity contribution >= 4 is 21.7 Å². The van der Waals surface area contributed by atoms with Crippen molar-refractivity contribution in [3.8, 4) is 5.75 Å². The number of carbonyl (C=O) groups excluding carboxylic acids is 1. The summed E-state index contributed by atoms with van der Waals surface area (Å²) < 4.78 is 28.2. The zero-order chi connectivity index (χ0) is 19.7. The largest absolute Gasteiger partial charge is 0.496 e. The fraction of sp³-hybridized carbons (Fsp3) is 0.556. The van der Waals surface area contributed by atoms with Crippen LogP contribution in [-0.4, -0.2) is 58.0 Å². The van der Waals surface area contributed by atoms with E-state index in [0.717, 1.165) is 11.3 Å². The summed E-state index contributed by atoms with van der Waals surface area (Å²) >= 11 is 0. The van der Waals surface area contributed by atoms with Crippen molar-refractivity contribution in [1.29, 1.82) is 0 Å². The molecule has 1 aliphatic rings. The SMILES string of the molecule is CCNC(=NCc1ccccc1OC)NCCC(=O)NC1CCS(=O)(=O)C1. The van der Waals surface area contributed by atoms with Gasteiger partial charge in [0.15, 0.2) is 15.8 Å². The molecule has 0 bridgehead atoms. The average molecular weight is 397 g/mol. The van der Waals surface area contributed by atoms with E-state index in [-0.39, 0.29) is 29.9 Å². The van der Waals surface area contributed by atoms with E-state index in [4.69, 9.17) is 4.74 Å². The molecule has 0 spiro atoms. The first-order valence-corrected chi connectivity index (χ1v) is 10.9. The molecule has 1 aromatic rings. The van der Waals surface area contributed by atoms with Crippen LogP contribution in [0.2, 0.25) is 0 Å². The molecule has 3 N–H and O–H groups in total. The number of aliphatic imine (C=N–C) groups is 1. The molecule has 1 aromatic carbocycles. The maximum absolute atomic E-state index is 12.0. The summed E-state index contributed by atoms with van der Waals surface area (Å²) in [6.07, 6.45) is 0.736. The molecule has 1 amide bonds. The third kappa shape index (κ3) is 7.09. The summed E-state index contributed by atoms with van der Waals surface area (Å²) in [5.74, 6) is 1.42. The fourth-order valence-corrected chi connectivity index (χ4v) is 4.52. The first kappa shape index (κ1) is 21.0. The molecule has 0 aliphatic carbocycles. The summed E-state index contributed by atoms with van der Waals surface area (Å²) in [4.78, 5) is 16.5. The lowest BCUT2D eigenvalue weighted by Gasteiger charge is -2.13. The predicted molar refractivity (Wildman–Crippen MR) is 106 cm³/mol. The van der Waals surface area contributed by atoms with Gasteiger partial charge in [0.2, 0.25) is 5.91 Å². The molecule has 1 saturated heterocycles. The lowest BCUT2D eigenvalue weighted by atomic mass is 10.2. The van der Waals surface area contributed by atoms with Crippen molar-refractivity contribution in [3.63, 3.8) is 0 Å². The van der Waals surface area contributed by atoms with Gasteiger partial charge in [-0.2, -0.15) is 0 Å². The molecule has 27 heavy (non-hydrogen) atoms. The van der Waals surface area contributed by atoms with Crippen LogP contribution in [0.1, 0.15) is 25.3 Å². The molecule has 9 heteroatoms. The Labute approximate surface area is 160 Å². The molecule has 1 heterocycles. The second kappa shape index (κ2) is 10.1. The van der Waals surface area contributed by atoms with E-state index in [1.165, 1.54) is 0 Å². The number of hydrogen-bond acceptors (Lipinski definition) is 5. The van der Waals surface area contributed by atoms with Crippen LogP contribution >= 0.6 is 0 Å². The number of sulfone groups is 1. The minimum absolute atomic E-state index is 0.0369. The zero-order valence-electron chi connectivity index (χ0n) is 15.8. The highest BCUT2D eigenvalue weighted by Gasteiger charge is 2.28. The van der Waals surface area contributed by atoms with Gasteiger partial charge in [-0.25, -0.2) is 13.4 Å². The Morgan fingerprint density at radius 2 is 2.07 bits per heavy atom. The van der Waals surface area contributed by atoms with Gasteiger partial charge in [-0.15, -0.1) is 0 Å². The number of carbonyl (C=O) groups is 1. The van der Waals surface area contributed by atoms with Gasteiger partial charge < -0.3 is 20.7 Å². The lowest BCUT2D eigenvalue weighted by Crippen LogP contribution is -2.41. The highest BCUT2D eigenvalue weighted by atomic mass is 32.2. The number of ether oxygens (including phenoxy) is 1. The minimum atomic E-state index is -2.99. The van der Waals surface area contributed by atoms with E-state index in [0.29, 0.717) is 32.0 Å². The molecule has 1 aliphatic heterocycles. The van der Waals surface area contributed by atoms with Crippen LogP contribution in [0.4, 0.5) is 0 Å². The number of methoxy groups -OCH3 is 1. The van der Waals surface area contributed by atoms with E-state index in [1.54, 1.807) is 7.11 Å². The third-order valence-corrected chi connectivity index (χ3v) is 5.95. The highest BCUT2D eigenvalue weighted by Crippen LogP contribution is 2.17. The van der Waals surface area contributed by atoms with E-state index < -0.39 is 9.84 Å². The lowest BCUT2D eigenvalue weighted by molar-refractivity contribution is -0.121. The number of amides is 1. The van der Waals surface area contributed by atoms with Crippen LogP contribution in [0.25, 0.3) is 0 Å². The van der Waals surface area contributed by atoms with Crippen molar-refractivity contribution in [2.24, 2.45) is 4.99 Å². The summed E-state index contributed by atoms with van der Waals surface area (Å²) in [7, 11) is -1.37. The maximum Gasteiger partial charge on any atom is 0.222 e. The second-order valence-corrected chi connectivity index (χ2v) is 8.58. The van der Waals surface area contributed by atoms with E-state index in [2.05, 4.69) is 20.9 Å². The topological polar surface area (TPSA) is 109 Å². The van der Waals surface area contributed by atoms with Crippen molar-refractivity contribution in [2.75, 3.05) is 31.7 Å². The Kier molecular flexibility index (Phi) is 7.90. The number of nitrogens with one attached hydrogen (secondary N) is 3. The van der Waals surface area contributed by atoms with Gasteiger partial charge in [0.25, 0.3) is 0 Å². The van der Waals surface area contributed by atoms with Crippen LogP contribution in [0.15, 0.2) is 29.3 Å².